The summed E-state index contributed by atoms with van der Waals surface area (Å²) in [6.45, 7) is 0.965. The van der Waals surface area contributed by atoms with Crippen LogP contribution in [0.1, 0.15) is 16.9 Å². The van der Waals surface area contributed by atoms with Crippen molar-refractivity contribution in [1.82, 2.24) is 4.57 Å². The van der Waals surface area contributed by atoms with Crippen LogP contribution in [0.15, 0.2) is 35.4 Å². The maximum Gasteiger partial charge on any atom is 0.272 e. The molecule has 0 bridgehead atoms. The molecule has 0 saturated carbocycles. The van der Waals surface area contributed by atoms with Gasteiger partial charge in [-0.15, -0.1) is 0 Å². The summed E-state index contributed by atoms with van der Waals surface area (Å²) in [5.41, 5.74) is 0.165. The Kier molecular flexibility index (Phi) is 6.66. The highest BCUT2D eigenvalue weighted by atomic mass is 32.2. The molecule has 2 aromatic rings. The van der Waals surface area contributed by atoms with E-state index in [4.69, 9.17) is 4.74 Å². The second kappa shape index (κ2) is 8.41. The number of anilines is 1. The molecule has 1 fully saturated rings. The highest BCUT2D eigenvalue weighted by molar-refractivity contribution is 7.91. The van der Waals surface area contributed by atoms with Gasteiger partial charge in [0, 0.05) is 31.6 Å². The standard InChI is InChI=1S/C17H18F2N2O4S.H2S/c1-21-8-13(26(23,24)10-11-4-5-25-9-11)7-16(21)17(22)20-12-2-3-14(18)15(19)6-12;/h2-3,6-8,11H,4-5,9-10H2,1H3,(H,20,22);1H2/t11-;/m0./s1. The van der Waals surface area contributed by atoms with Crippen LogP contribution in [0.3, 0.4) is 0 Å². The molecule has 1 aliphatic rings. The molecule has 1 aromatic heterocycles. The predicted octanol–water partition coefficient (Wildman–Crippen LogP) is 2.48. The second-order valence-corrected chi connectivity index (χ2v) is 8.30. The smallest absolute Gasteiger partial charge is 0.272 e. The molecular weight excluding hydrogens is 398 g/mol. The number of hydrogen-bond acceptors (Lipinski definition) is 4. The van der Waals surface area contributed by atoms with Gasteiger partial charge in [0.1, 0.15) is 5.69 Å². The number of halogens is 2. The third-order valence-electron chi connectivity index (χ3n) is 4.23. The predicted molar refractivity (Wildman–Crippen MR) is 101 cm³/mol. The molecule has 0 radical (unpaired) electrons. The summed E-state index contributed by atoms with van der Waals surface area (Å²) < 4.78 is 57.8. The molecule has 2 heterocycles. The number of sulfone groups is 1. The second-order valence-electron chi connectivity index (χ2n) is 6.27. The van der Waals surface area contributed by atoms with Crippen molar-refractivity contribution >= 4 is 34.9 Å². The van der Waals surface area contributed by atoms with Crippen LogP contribution < -0.4 is 5.32 Å². The minimum Gasteiger partial charge on any atom is -0.381 e. The number of hydrogen-bond donors (Lipinski definition) is 1. The molecule has 0 aliphatic carbocycles. The Hall–Kier alpha value is -1.91. The SMILES string of the molecule is Cn1cc(S(=O)(=O)C[C@H]2CCOC2)cc1C(=O)Nc1ccc(F)c(F)c1.S. The minimum absolute atomic E-state index is 0. The van der Waals surface area contributed by atoms with Crippen molar-refractivity contribution in [3.05, 3.63) is 47.8 Å². The van der Waals surface area contributed by atoms with E-state index in [1.54, 1.807) is 0 Å². The maximum atomic E-state index is 13.2. The summed E-state index contributed by atoms with van der Waals surface area (Å²) in [6, 6.07) is 4.25. The van der Waals surface area contributed by atoms with Gasteiger partial charge in [-0.2, -0.15) is 13.5 Å². The molecule has 1 saturated heterocycles. The molecule has 148 valence electrons. The number of nitrogens with zero attached hydrogens (tertiary/aromatic N) is 1. The number of amides is 1. The number of carbonyl (C=O) groups is 1. The van der Waals surface area contributed by atoms with Crippen LogP contribution in [-0.4, -0.2) is 37.9 Å². The first-order chi connectivity index (χ1) is 12.3. The lowest BCUT2D eigenvalue weighted by Crippen LogP contribution is -2.16. The molecule has 0 unspecified atom stereocenters. The molecule has 1 atom stereocenters. The highest BCUT2D eigenvalue weighted by Crippen LogP contribution is 2.22. The Labute approximate surface area is 162 Å². The molecule has 27 heavy (non-hydrogen) atoms. The van der Waals surface area contributed by atoms with Crippen molar-refractivity contribution in [2.45, 2.75) is 11.3 Å². The number of ether oxygens (including phenoxy) is 1. The Balaban J connectivity index is 0.00000261. The van der Waals surface area contributed by atoms with Crippen LogP contribution in [0.4, 0.5) is 14.5 Å². The average molecular weight is 418 g/mol. The van der Waals surface area contributed by atoms with Gasteiger partial charge < -0.3 is 14.6 Å². The van der Waals surface area contributed by atoms with Gasteiger partial charge >= 0.3 is 0 Å². The van der Waals surface area contributed by atoms with E-state index >= 15 is 0 Å². The number of aryl methyl sites for hydroxylation is 1. The molecular formula is C17H20F2N2O4S2. The van der Waals surface area contributed by atoms with Gasteiger partial charge in [0.25, 0.3) is 5.91 Å². The van der Waals surface area contributed by atoms with Crippen molar-refractivity contribution in [1.29, 1.82) is 0 Å². The van der Waals surface area contributed by atoms with Gasteiger partial charge in [-0.05, 0) is 30.5 Å². The average Bonchev–Trinajstić information content (AvgIpc) is 3.20. The maximum absolute atomic E-state index is 13.2. The summed E-state index contributed by atoms with van der Waals surface area (Å²) in [5, 5.41) is 2.42. The number of nitrogens with one attached hydrogen (secondary N) is 1. The topological polar surface area (TPSA) is 77.4 Å². The normalized spacial score (nSPS) is 16.8. The van der Waals surface area contributed by atoms with Crippen molar-refractivity contribution in [3.8, 4) is 0 Å². The van der Waals surface area contributed by atoms with Crippen LogP contribution in [-0.2, 0) is 21.6 Å². The Morgan fingerprint density at radius 2 is 2.04 bits per heavy atom. The quantitative estimate of drug-likeness (QED) is 0.809. The van der Waals surface area contributed by atoms with E-state index < -0.39 is 27.4 Å². The minimum atomic E-state index is -3.55. The number of aromatic nitrogens is 1. The first-order valence-corrected chi connectivity index (χ1v) is 9.65. The van der Waals surface area contributed by atoms with Crippen molar-refractivity contribution in [2.75, 3.05) is 24.3 Å². The van der Waals surface area contributed by atoms with E-state index in [0.717, 1.165) is 12.1 Å². The van der Waals surface area contributed by atoms with E-state index in [1.807, 2.05) is 0 Å². The zero-order valence-corrected chi connectivity index (χ0v) is 16.4. The van der Waals surface area contributed by atoms with Gasteiger partial charge in [-0.3, -0.25) is 4.79 Å². The zero-order chi connectivity index (χ0) is 18.9. The monoisotopic (exact) mass is 418 g/mol. The fourth-order valence-electron chi connectivity index (χ4n) is 2.82. The molecule has 10 heteroatoms. The molecule has 6 nitrogen and oxygen atoms in total. The van der Waals surface area contributed by atoms with Crippen molar-refractivity contribution < 1.29 is 26.7 Å². The number of rotatable bonds is 5. The zero-order valence-electron chi connectivity index (χ0n) is 14.5. The summed E-state index contributed by atoms with van der Waals surface area (Å²) in [4.78, 5) is 12.4. The van der Waals surface area contributed by atoms with Gasteiger partial charge in [-0.1, -0.05) is 0 Å². The van der Waals surface area contributed by atoms with Crippen molar-refractivity contribution in [2.24, 2.45) is 13.0 Å². The Morgan fingerprint density at radius 3 is 2.67 bits per heavy atom. The van der Waals surface area contributed by atoms with Gasteiger partial charge in [0.2, 0.25) is 0 Å². The summed E-state index contributed by atoms with van der Waals surface area (Å²) >= 11 is 0. The summed E-state index contributed by atoms with van der Waals surface area (Å²) in [6.07, 6.45) is 2.06. The van der Waals surface area contributed by atoms with Gasteiger partial charge in [0.05, 0.1) is 17.3 Å². The van der Waals surface area contributed by atoms with Gasteiger partial charge in [0.15, 0.2) is 21.5 Å². The third-order valence-corrected chi connectivity index (χ3v) is 6.08. The van der Waals surface area contributed by atoms with Crippen LogP contribution in [0, 0.1) is 17.6 Å². The first-order valence-electron chi connectivity index (χ1n) is 7.99. The molecule has 1 N–H and O–H groups in total. The Morgan fingerprint density at radius 1 is 1.30 bits per heavy atom. The summed E-state index contributed by atoms with van der Waals surface area (Å²) in [5.74, 6) is -2.83. The molecule has 1 amide bonds. The van der Waals surface area contributed by atoms with Crippen molar-refractivity contribution in [3.63, 3.8) is 0 Å². The molecule has 3 rings (SSSR count). The fourth-order valence-corrected chi connectivity index (χ4v) is 4.51. The largest absolute Gasteiger partial charge is 0.381 e. The molecule has 1 aromatic carbocycles. The van der Waals surface area contributed by atoms with Crippen LogP contribution in [0.2, 0.25) is 0 Å². The number of carbonyl (C=O) groups excluding carboxylic acids is 1. The molecule has 0 spiro atoms. The first kappa shape index (κ1) is 21.4. The van der Waals surface area contributed by atoms with Gasteiger partial charge in [-0.25, -0.2) is 17.2 Å². The molecule has 1 aliphatic heterocycles. The van der Waals surface area contributed by atoms with E-state index in [1.165, 1.54) is 29.9 Å². The summed E-state index contributed by atoms with van der Waals surface area (Å²) in [7, 11) is -2.01. The third kappa shape index (κ3) is 4.88. The lowest BCUT2D eigenvalue weighted by Gasteiger charge is -2.07. The highest BCUT2D eigenvalue weighted by Gasteiger charge is 2.27. The van der Waals surface area contributed by atoms with E-state index in [-0.39, 0.29) is 41.4 Å². The Bertz CT molecular complexity index is 938. The van der Waals surface area contributed by atoms with E-state index in [2.05, 4.69) is 5.32 Å². The number of benzene rings is 1. The van der Waals surface area contributed by atoms with Crippen LogP contribution >= 0.6 is 13.5 Å². The van der Waals surface area contributed by atoms with E-state index in [9.17, 15) is 22.0 Å². The lowest BCUT2D eigenvalue weighted by molar-refractivity contribution is 0.101. The lowest BCUT2D eigenvalue weighted by atomic mass is 10.2. The van der Waals surface area contributed by atoms with Crippen LogP contribution in [0.25, 0.3) is 0 Å². The van der Waals surface area contributed by atoms with Crippen LogP contribution in [0.5, 0.6) is 0 Å². The van der Waals surface area contributed by atoms with E-state index in [0.29, 0.717) is 19.6 Å². The fraction of sp³-hybridized carbons (Fsp3) is 0.353.